The SMILES string of the molecule is CC(C)OC(=O)COc1ccc(/C=N/NC(=O)COc2ccccc2[N+](=O)[O-])cc1. The van der Waals surface area contributed by atoms with Gasteiger partial charge in [-0.1, -0.05) is 12.1 Å². The number of benzene rings is 2. The molecule has 0 aliphatic heterocycles. The second-order valence-corrected chi connectivity index (χ2v) is 6.20. The second-order valence-electron chi connectivity index (χ2n) is 6.20. The van der Waals surface area contributed by atoms with Crippen molar-refractivity contribution in [3.8, 4) is 11.5 Å². The molecule has 0 saturated heterocycles. The molecule has 2 aromatic rings. The fourth-order valence-corrected chi connectivity index (χ4v) is 2.17. The maximum atomic E-state index is 11.8. The molecular weight excluding hydrogens is 394 g/mol. The van der Waals surface area contributed by atoms with Gasteiger partial charge in [-0.25, -0.2) is 10.2 Å². The first-order chi connectivity index (χ1) is 14.3. The third-order valence-corrected chi connectivity index (χ3v) is 3.43. The van der Waals surface area contributed by atoms with Crippen molar-refractivity contribution < 1.29 is 28.7 Å². The Morgan fingerprint density at radius 3 is 2.47 bits per heavy atom. The number of hydrogen-bond acceptors (Lipinski definition) is 8. The van der Waals surface area contributed by atoms with Crippen LogP contribution in [0.25, 0.3) is 0 Å². The molecule has 1 N–H and O–H groups in total. The zero-order valence-electron chi connectivity index (χ0n) is 16.4. The fourth-order valence-electron chi connectivity index (χ4n) is 2.17. The number of amides is 1. The van der Waals surface area contributed by atoms with Crippen LogP contribution < -0.4 is 14.9 Å². The van der Waals surface area contributed by atoms with Crippen molar-refractivity contribution in [3.05, 3.63) is 64.2 Å². The van der Waals surface area contributed by atoms with Gasteiger partial charge in [0.25, 0.3) is 5.91 Å². The Morgan fingerprint density at radius 2 is 1.80 bits per heavy atom. The highest BCUT2D eigenvalue weighted by atomic mass is 16.6. The molecule has 1 amide bonds. The average molecular weight is 415 g/mol. The number of ether oxygens (including phenoxy) is 3. The standard InChI is InChI=1S/C20H21N3O7/c1-14(2)30-20(25)13-28-16-9-7-15(8-10-16)11-21-22-19(24)12-29-18-6-4-3-5-17(18)23(26)27/h3-11,14H,12-13H2,1-2H3,(H,22,24)/b21-11+. The van der Waals surface area contributed by atoms with E-state index in [1.165, 1.54) is 24.4 Å². The maximum Gasteiger partial charge on any atom is 0.344 e. The summed E-state index contributed by atoms with van der Waals surface area (Å²) in [5.74, 6) is -0.557. The van der Waals surface area contributed by atoms with Crippen LogP contribution in [0.4, 0.5) is 5.69 Å². The van der Waals surface area contributed by atoms with Crippen LogP contribution in [0.1, 0.15) is 19.4 Å². The van der Waals surface area contributed by atoms with Gasteiger partial charge in [0.15, 0.2) is 19.0 Å². The largest absolute Gasteiger partial charge is 0.482 e. The lowest BCUT2D eigenvalue weighted by atomic mass is 10.2. The Morgan fingerprint density at radius 1 is 1.10 bits per heavy atom. The molecular formula is C20H21N3O7. The summed E-state index contributed by atoms with van der Waals surface area (Å²) in [6.45, 7) is 2.88. The van der Waals surface area contributed by atoms with E-state index in [9.17, 15) is 19.7 Å². The van der Waals surface area contributed by atoms with Gasteiger partial charge in [0.1, 0.15) is 5.75 Å². The molecule has 0 spiro atoms. The summed E-state index contributed by atoms with van der Waals surface area (Å²) < 4.78 is 15.4. The summed E-state index contributed by atoms with van der Waals surface area (Å²) in [5, 5.41) is 14.7. The first kappa shape index (κ1) is 22.3. The Labute approximate surface area is 172 Å². The molecule has 158 valence electrons. The first-order valence-corrected chi connectivity index (χ1v) is 8.95. The van der Waals surface area contributed by atoms with Crippen LogP contribution in [0.15, 0.2) is 53.6 Å². The Hall–Kier alpha value is -3.95. The summed E-state index contributed by atoms with van der Waals surface area (Å²) in [5.41, 5.74) is 2.71. The minimum Gasteiger partial charge on any atom is -0.482 e. The van der Waals surface area contributed by atoms with Crippen LogP contribution in [-0.4, -0.2) is 42.3 Å². The molecule has 0 unspecified atom stereocenters. The normalized spacial score (nSPS) is 10.6. The molecule has 0 atom stereocenters. The molecule has 0 aliphatic carbocycles. The molecule has 10 nitrogen and oxygen atoms in total. The van der Waals surface area contributed by atoms with Crippen molar-refractivity contribution in [1.82, 2.24) is 5.43 Å². The lowest BCUT2D eigenvalue weighted by Crippen LogP contribution is -2.24. The zero-order chi connectivity index (χ0) is 21.9. The second kappa shape index (κ2) is 11.1. The molecule has 2 rings (SSSR count). The number of hydrogen-bond donors (Lipinski definition) is 1. The number of hydrazone groups is 1. The van der Waals surface area contributed by atoms with Gasteiger partial charge in [0, 0.05) is 6.07 Å². The number of rotatable bonds is 10. The van der Waals surface area contributed by atoms with Gasteiger partial charge in [-0.15, -0.1) is 0 Å². The fraction of sp³-hybridized carbons (Fsp3) is 0.250. The molecule has 0 saturated carbocycles. The van der Waals surface area contributed by atoms with E-state index in [-0.39, 0.29) is 24.1 Å². The number of nitro benzene ring substituents is 1. The molecule has 0 aliphatic rings. The van der Waals surface area contributed by atoms with Crippen LogP contribution in [0.5, 0.6) is 11.5 Å². The van der Waals surface area contributed by atoms with Crippen molar-refractivity contribution >= 4 is 23.8 Å². The van der Waals surface area contributed by atoms with Gasteiger partial charge < -0.3 is 14.2 Å². The number of nitrogens with one attached hydrogen (secondary N) is 1. The molecule has 0 fully saturated rings. The van der Waals surface area contributed by atoms with E-state index in [0.29, 0.717) is 11.3 Å². The lowest BCUT2D eigenvalue weighted by molar-refractivity contribution is -0.385. The van der Waals surface area contributed by atoms with Crippen LogP contribution >= 0.6 is 0 Å². The van der Waals surface area contributed by atoms with Crippen molar-refractivity contribution in [3.63, 3.8) is 0 Å². The van der Waals surface area contributed by atoms with Gasteiger partial charge in [0.2, 0.25) is 0 Å². The van der Waals surface area contributed by atoms with Crippen LogP contribution in [0.3, 0.4) is 0 Å². The molecule has 0 radical (unpaired) electrons. The molecule has 2 aromatic carbocycles. The summed E-state index contributed by atoms with van der Waals surface area (Å²) in [6.07, 6.45) is 1.20. The quantitative estimate of drug-likeness (QED) is 0.273. The number of carbonyl (C=O) groups is 2. The molecule has 10 heteroatoms. The number of nitrogens with zero attached hydrogens (tertiary/aromatic N) is 2. The van der Waals surface area contributed by atoms with Crippen molar-refractivity contribution in [2.75, 3.05) is 13.2 Å². The van der Waals surface area contributed by atoms with E-state index < -0.39 is 23.4 Å². The van der Waals surface area contributed by atoms with Gasteiger partial charge >= 0.3 is 11.7 Å². The summed E-state index contributed by atoms with van der Waals surface area (Å²) in [6, 6.07) is 12.4. The predicted octanol–water partition coefficient (Wildman–Crippen LogP) is 2.45. The van der Waals surface area contributed by atoms with Crippen molar-refractivity contribution in [2.24, 2.45) is 5.10 Å². The molecule has 0 aromatic heterocycles. The molecule has 0 bridgehead atoms. The highest BCUT2D eigenvalue weighted by Gasteiger charge is 2.14. The maximum absolute atomic E-state index is 11.8. The smallest absolute Gasteiger partial charge is 0.344 e. The van der Waals surface area contributed by atoms with Crippen LogP contribution in [0, 0.1) is 10.1 Å². The van der Waals surface area contributed by atoms with E-state index in [2.05, 4.69) is 10.5 Å². The Kier molecular flexibility index (Phi) is 8.30. The van der Waals surface area contributed by atoms with Crippen LogP contribution in [-0.2, 0) is 14.3 Å². The van der Waals surface area contributed by atoms with Crippen LogP contribution in [0.2, 0.25) is 0 Å². The molecule has 30 heavy (non-hydrogen) atoms. The molecule has 0 heterocycles. The number of carbonyl (C=O) groups excluding carboxylic acids is 2. The van der Waals surface area contributed by atoms with Gasteiger partial charge in [-0.2, -0.15) is 5.10 Å². The third kappa shape index (κ3) is 7.58. The number of para-hydroxylation sites is 2. The van der Waals surface area contributed by atoms with Crippen molar-refractivity contribution in [1.29, 1.82) is 0 Å². The van der Waals surface area contributed by atoms with Gasteiger partial charge in [-0.3, -0.25) is 14.9 Å². The van der Waals surface area contributed by atoms with Gasteiger partial charge in [0.05, 0.1) is 17.2 Å². The van der Waals surface area contributed by atoms with E-state index in [1.54, 1.807) is 44.2 Å². The van der Waals surface area contributed by atoms with E-state index in [1.807, 2.05) is 0 Å². The summed E-state index contributed by atoms with van der Waals surface area (Å²) >= 11 is 0. The Balaban J connectivity index is 1.78. The topological polar surface area (TPSA) is 129 Å². The summed E-state index contributed by atoms with van der Waals surface area (Å²) in [7, 11) is 0. The highest BCUT2D eigenvalue weighted by Crippen LogP contribution is 2.25. The number of esters is 1. The Bertz CT molecular complexity index is 911. The number of nitro groups is 1. The van der Waals surface area contributed by atoms with E-state index >= 15 is 0 Å². The zero-order valence-corrected chi connectivity index (χ0v) is 16.4. The highest BCUT2D eigenvalue weighted by molar-refractivity contribution is 5.83. The minimum atomic E-state index is -0.591. The monoisotopic (exact) mass is 415 g/mol. The van der Waals surface area contributed by atoms with Crippen molar-refractivity contribution in [2.45, 2.75) is 20.0 Å². The third-order valence-electron chi connectivity index (χ3n) is 3.43. The average Bonchev–Trinajstić information content (AvgIpc) is 2.71. The lowest BCUT2D eigenvalue weighted by Gasteiger charge is -2.09. The van der Waals surface area contributed by atoms with E-state index in [0.717, 1.165) is 0 Å². The predicted molar refractivity (Wildman–Crippen MR) is 107 cm³/mol. The van der Waals surface area contributed by atoms with Gasteiger partial charge in [-0.05, 0) is 49.7 Å². The first-order valence-electron chi connectivity index (χ1n) is 8.95. The van der Waals surface area contributed by atoms with E-state index in [4.69, 9.17) is 14.2 Å². The minimum absolute atomic E-state index is 0.00510. The summed E-state index contributed by atoms with van der Waals surface area (Å²) in [4.78, 5) is 33.5.